The highest BCUT2D eigenvalue weighted by Gasteiger charge is 2.37. The lowest BCUT2D eigenvalue weighted by atomic mass is 9.97. The number of benzene rings is 1. The largest absolute Gasteiger partial charge is 0.497 e. The Morgan fingerprint density at radius 3 is 2.45 bits per heavy atom. The van der Waals surface area contributed by atoms with Crippen molar-refractivity contribution in [3.8, 4) is 5.75 Å². The number of nitrogens with zero attached hydrogens (tertiary/aromatic N) is 1. The second kappa shape index (κ2) is 5.44. The molecule has 2 N–H and O–H groups in total. The maximum absolute atomic E-state index is 12.3. The highest BCUT2D eigenvalue weighted by Crippen LogP contribution is 2.33. The molecule has 1 saturated heterocycles. The van der Waals surface area contributed by atoms with E-state index in [0.717, 1.165) is 18.7 Å². The number of carbonyl (C=O) groups is 1. The molecule has 2 atom stereocenters. The molecule has 0 aromatic heterocycles. The highest BCUT2D eigenvalue weighted by atomic mass is 16.5. The van der Waals surface area contributed by atoms with E-state index in [1.807, 2.05) is 17.0 Å². The zero-order chi connectivity index (χ0) is 14.9. The van der Waals surface area contributed by atoms with Crippen LogP contribution in [0.5, 0.6) is 5.75 Å². The van der Waals surface area contributed by atoms with E-state index in [9.17, 15) is 4.79 Å². The second-order valence-corrected chi connectivity index (χ2v) is 6.23. The van der Waals surface area contributed by atoms with Crippen molar-refractivity contribution in [2.24, 2.45) is 5.73 Å². The zero-order valence-electron chi connectivity index (χ0n) is 12.7. The second-order valence-electron chi connectivity index (χ2n) is 6.23. The first-order valence-corrected chi connectivity index (χ1v) is 7.07. The minimum Gasteiger partial charge on any atom is -0.497 e. The van der Waals surface area contributed by atoms with Crippen molar-refractivity contribution in [3.63, 3.8) is 0 Å². The van der Waals surface area contributed by atoms with Crippen LogP contribution in [-0.4, -0.2) is 36.0 Å². The van der Waals surface area contributed by atoms with Crippen LogP contribution >= 0.6 is 0 Å². The van der Waals surface area contributed by atoms with E-state index in [1.165, 1.54) is 5.56 Å². The summed E-state index contributed by atoms with van der Waals surface area (Å²) in [5.74, 6) is 1.26. The minimum absolute atomic E-state index is 0.0287. The maximum atomic E-state index is 12.3. The summed E-state index contributed by atoms with van der Waals surface area (Å²) in [6, 6.07) is 8.34. The van der Waals surface area contributed by atoms with Gasteiger partial charge >= 0.3 is 0 Å². The van der Waals surface area contributed by atoms with Gasteiger partial charge in [0.2, 0.25) is 5.91 Å². The first-order valence-electron chi connectivity index (χ1n) is 7.07. The molecule has 20 heavy (non-hydrogen) atoms. The Balaban J connectivity index is 2.11. The summed E-state index contributed by atoms with van der Waals surface area (Å²) in [6.45, 7) is 6.37. The molecule has 0 saturated carbocycles. The van der Waals surface area contributed by atoms with E-state index in [1.54, 1.807) is 21.0 Å². The third kappa shape index (κ3) is 2.96. The molecular weight excluding hydrogens is 252 g/mol. The van der Waals surface area contributed by atoms with Crippen molar-refractivity contribution < 1.29 is 9.53 Å². The van der Waals surface area contributed by atoms with Crippen LogP contribution < -0.4 is 10.5 Å². The molecule has 1 aromatic carbocycles. The van der Waals surface area contributed by atoms with Gasteiger partial charge in [0, 0.05) is 18.5 Å². The van der Waals surface area contributed by atoms with Crippen molar-refractivity contribution in [2.75, 3.05) is 13.7 Å². The number of hydrogen-bond acceptors (Lipinski definition) is 3. The van der Waals surface area contributed by atoms with Gasteiger partial charge in [-0.25, -0.2) is 0 Å². The van der Waals surface area contributed by atoms with Gasteiger partial charge in [-0.1, -0.05) is 12.1 Å². The molecule has 1 aliphatic heterocycles. The average Bonchev–Trinajstić information content (AvgIpc) is 2.79. The number of hydrogen-bond donors (Lipinski definition) is 1. The molecule has 1 fully saturated rings. The molecule has 0 bridgehead atoms. The number of likely N-dealkylation sites (tertiary alicyclic amines) is 1. The van der Waals surface area contributed by atoms with E-state index in [2.05, 4.69) is 19.1 Å². The number of carbonyl (C=O) groups excluding carboxylic acids is 1. The third-order valence-electron chi connectivity index (χ3n) is 3.97. The molecular formula is C16H24N2O2. The first kappa shape index (κ1) is 14.9. The summed E-state index contributed by atoms with van der Waals surface area (Å²) in [4.78, 5) is 14.2. The molecule has 110 valence electrons. The van der Waals surface area contributed by atoms with Crippen molar-refractivity contribution in [1.29, 1.82) is 0 Å². The molecule has 0 spiro atoms. The summed E-state index contributed by atoms with van der Waals surface area (Å²) in [5, 5.41) is 0. The molecule has 2 rings (SSSR count). The number of ether oxygens (including phenoxy) is 1. The first-order chi connectivity index (χ1) is 9.32. The fourth-order valence-electron chi connectivity index (χ4n) is 2.80. The summed E-state index contributed by atoms with van der Waals surface area (Å²) in [6.07, 6.45) is 0.980. The number of rotatable bonds is 3. The van der Waals surface area contributed by atoms with Crippen LogP contribution in [0.3, 0.4) is 0 Å². The van der Waals surface area contributed by atoms with Gasteiger partial charge in [-0.2, -0.15) is 0 Å². The fourth-order valence-corrected chi connectivity index (χ4v) is 2.80. The van der Waals surface area contributed by atoms with Gasteiger partial charge < -0.3 is 15.4 Å². The van der Waals surface area contributed by atoms with Gasteiger partial charge in [-0.15, -0.1) is 0 Å². The van der Waals surface area contributed by atoms with Gasteiger partial charge in [0.1, 0.15) is 5.75 Å². The van der Waals surface area contributed by atoms with Crippen molar-refractivity contribution >= 4 is 5.91 Å². The third-order valence-corrected chi connectivity index (χ3v) is 3.97. The Labute approximate surface area is 120 Å². The van der Waals surface area contributed by atoms with Gasteiger partial charge in [-0.3, -0.25) is 4.79 Å². The Hall–Kier alpha value is -1.55. The van der Waals surface area contributed by atoms with Gasteiger partial charge in [0.05, 0.1) is 12.6 Å². The van der Waals surface area contributed by atoms with Crippen LogP contribution in [0.1, 0.15) is 38.7 Å². The lowest BCUT2D eigenvalue weighted by Crippen LogP contribution is -2.52. The molecule has 0 radical (unpaired) electrons. The van der Waals surface area contributed by atoms with Gasteiger partial charge in [0.25, 0.3) is 0 Å². The monoisotopic (exact) mass is 276 g/mol. The lowest BCUT2D eigenvalue weighted by molar-refractivity contribution is -0.136. The molecule has 1 aromatic rings. The Morgan fingerprint density at radius 2 is 1.95 bits per heavy atom. The minimum atomic E-state index is -0.803. The Bertz CT molecular complexity index is 476. The van der Waals surface area contributed by atoms with Crippen molar-refractivity contribution in [3.05, 3.63) is 29.8 Å². The van der Waals surface area contributed by atoms with Crippen LogP contribution in [0.2, 0.25) is 0 Å². The van der Waals surface area contributed by atoms with Crippen molar-refractivity contribution in [1.82, 2.24) is 4.90 Å². The number of methoxy groups -OCH3 is 1. The van der Waals surface area contributed by atoms with E-state index < -0.39 is 5.54 Å². The maximum Gasteiger partial charge on any atom is 0.242 e. The topological polar surface area (TPSA) is 55.6 Å². The lowest BCUT2D eigenvalue weighted by Gasteiger charge is -2.29. The van der Waals surface area contributed by atoms with E-state index in [4.69, 9.17) is 10.5 Å². The summed E-state index contributed by atoms with van der Waals surface area (Å²) in [7, 11) is 1.66. The average molecular weight is 276 g/mol. The van der Waals surface area contributed by atoms with E-state index in [-0.39, 0.29) is 11.9 Å². The molecule has 1 amide bonds. The van der Waals surface area contributed by atoms with Gasteiger partial charge in [-0.05, 0) is 44.9 Å². The molecule has 1 aliphatic rings. The molecule has 1 heterocycles. The van der Waals surface area contributed by atoms with Gasteiger partial charge in [0.15, 0.2) is 0 Å². The molecule has 0 aliphatic carbocycles. The van der Waals surface area contributed by atoms with Crippen molar-refractivity contribution in [2.45, 2.75) is 44.7 Å². The number of nitrogens with two attached hydrogens (primary N) is 1. The Kier molecular flexibility index (Phi) is 4.04. The summed E-state index contributed by atoms with van der Waals surface area (Å²) >= 11 is 0. The summed E-state index contributed by atoms with van der Waals surface area (Å²) in [5.41, 5.74) is 6.39. The highest BCUT2D eigenvalue weighted by molar-refractivity contribution is 5.85. The molecule has 4 nitrogen and oxygen atoms in total. The summed E-state index contributed by atoms with van der Waals surface area (Å²) < 4.78 is 5.18. The molecule has 0 unspecified atom stereocenters. The van der Waals surface area contributed by atoms with E-state index in [0.29, 0.717) is 5.92 Å². The van der Waals surface area contributed by atoms with Crippen LogP contribution in [0.25, 0.3) is 0 Å². The standard InChI is InChI=1S/C16H24N2O2/c1-11-9-13(10-18(11)15(19)16(2,3)17)12-5-7-14(20-4)8-6-12/h5-8,11,13H,9-10,17H2,1-4H3/t11-,13-/m0/s1. The van der Waals surface area contributed by atoms with E-state index >= 15 is 0 Å². The predicted molar refractivity (Wildman–Crippen MR) is 79.8 cm³/mol. The fraction of sp³-hybridized carbons (Fsp3) is 0.562. The normalized spacial score (nSPS) is 22.9. The predicted octanol–water partition coefficient (Wildman–Crippen LogP) is 2.14. The Morgan fingerprint density at radius 1 is 1.35 bits per heavy atom. The quantitative estimate of drug-likeness (QED) is 0.920. The zero-order valence-corrected chi connectivity index (χ0v) is 12.7. The van der Waals surface area contributed by atoms with Crippen LogP contribution in [0.4, 0.5) is 0 Å². The van der Waals surface area contributed by atoms with Crippen LogP contribution in [-0.2, 0) is 4.79 Å². The van der Waals surface area contributed by atoms with Crippen LogP contribution in [0.15, 0.2) is 24.3 Å². The number of amides is 1. The molecule has 4 heteroatoms. The van der Waals surface area contributed by atoms with Crippen LogP contribution in [0, 0.1) is 0 Å². The smallest absolute Gasteiger partial charge is 0.242 e. The SMILES string of the molecule is COc1ccc([C@H]2C[C@H](C)N(C(=O)C(C)(C)N)C2)cc1.